The van der Waals surface area contributed by atoms with Crippen LogP contribution in [0.15, 0.2) is 36.4 Å². The van der Waals surface area contributed by atoms with Gasteiger partial charge in [0.05, 0.1) is 7.11 Å². The van der Waals surface area contributed by atoms with Crippen molar-refractivity contribution in [2.75, 3.05) is 7.11 Å². The van der Waals surface area contributed by atoms with E-state index in [9.17, 15) is 9.59 Å². The van der Waals surface area contributed by atoms with Gasteiger partial charge in [0.25, 0.3) is 11.8 Å². The van der Waals surface area contributed by atoms with Crippen LogP contribution in [0, 0.1) is 20.8 Å². The van der Waals surface area contributed by atoms with Crippen molar-refractivity contribution < 1.29 is 14.3 Å². The highest BCUT2D eigenvalue weighted by molar-refractivity contribution is 6.10. The second-order valence-corrected chi connectivity index (χ2v) is 7.82. The molecule has 0 bridgehead atoms. The summed E-state index contributed by atoms with van der Waals surface area (Å²) in [6, 6.07) is 10.8. The molecule has 0 aliphatic heterocycles. The fraction of sp³-hybridized carbons (Fsp3) is 0.364. The van der Waals surface area contributed by atoms with E-state index in [4.69, 9.17) is 4.74 Å². The Morgan fingerprint density at radius 3 is 2.07 bits per heavy atom. The van der Waals surface area contributed by atoms with E-state index < -0.39 is 11.4 Å². The molecule has 0 atom stereocenters. The highest BCUT2D eigenvalue weighted by Gasteiger charge is 2.29. The number of imide groups is 1. The van der Waals surface area contributed by atoms with Gasteiger partial charge in [-0.1, -0.05) is 23.3 Å². The Balaban J connectivity index is 2.51. The molecule has 0 fully saturated rings. The van der Waals surface area contributed by atoms with Crippen molar-refractivity contribution in [2.24, 2.45) is 0 Å². The van der Waals surface area contributed by atoms with Gasteiger partial charge in [0.1, 0.15) is 5.75 Å². The van der Waals surface area contributed by atoms with Gasteiger partial charge in [-0.2, -0.15) is 0 Å². The number of hydrogen-bond acceptors (Lipinski definition) is 4. The minimum Gasteiger partial charge on any atom is -0.496 e. The number of nitrogens with one attached hydrogen (secondary N) is 1. The summed E-state index contributed by atoms with van der Waals surface area (Å²) in [6.45, 7) is 11.4. The van der Waals surface area contributed by atoms with Crippen LogP contribution in [0.25, 0.3) is 0 Å². The van der Waals surface area contributed by atoms with Crippen molar-refractivity contribution in [3.8, 4) is 5.75 Å². The van der Waals surface area contributed by atoms with Gasteiger partial charge >= 0.3 is 0 Å². The highest BCUT2D eigenvalue weighted by atomic mass is 16.5. The van der Waals surface area contributed by atoms with E-state index in [1.807, 2.05) is 47.6 Å². The lowest BCUT2D eigenvalue weighted by Gasteiger charge is -2.30. The summed E-state index contributed by atoms with van der Waals surface area (Å²) in [5, 5.41) is 1.11. The molecule has 0 saturated heterocycles. The Hall–Kier alpha value is -2.66. The van der Waals surface area contributed by atoms with Crippen molar-refractivity contribution in [2.45, 2.75) is 47.1 Å². The smallest absolute Gasteiger partial charge is 0.275 e. The van der Waals surface area contributed by atoms with Crippen LogP contribution >= 0.6 is 0 Å². The number of nitrogens with zero attached hydrogens (tertiary/aromatic N) is 1. The number of carbonyl (C=O) groups is 2. The maximum atomic E-state index is 13.3. The zero-order valence-electron chi connectivity index (χ0n) is 17.1. The molecular formula is C22H28N2O3. The van der Waals surface area contributed by atoms with Crippen LogP contribution in [-0.2, 0) is 0 Å². The highest BCUT2D eigenvalue weighted by Crippen LogP contribution is 2.23. The van der Waals surface area contributed by atoms with Gasteiger partial charge in [-0.15, -0.1) is 0 Å². The predicted molar refractivity (Wildman–Crippen MR) is 107 cm³/mol. The lowest BCUT2D eigenvalue weighted by atomic mass is 10.0. The number of benzene rings is 2. The number of hydrogen-bond donors (Lipinski definition) is 1. The number of aryl methyl sites for hydroxylation is 2. The predicted octanol–water partition coefficient (Wildman–Crippen LogP) is 4.21. The lowest BCUT2D eigenvalue weighted by molar-refractivity contribution is 0.0451. The van der Waals surface area contributed by atoms with Gasteiger partial charge in [-0.05, 0) is 65.8 Å². The first kappa shape index (κ1) is 20.6. The number of amides is 2. The Kier molecular flexibility index (Phi) is 6.06. The Labute approximate surface area is 161 Å². The minimum absolute atomic E-state index is 0.385. The fourth-order valence-corrected chi connectivity index (χ4v) is 2.94. The molecule has 2 rings (SSSR count). The van der Waals surface area contributed by atoms with Crippen molar-refractivity contribution in [3.05, 3.63) is 64.2 Å². The van der Waals surface area contributed by atoms with Crippen LogP contribution in [0.3, 0.4) is 0 Å². The zero-order valence-corrected chi connectivity index (χ0v) is 17.1. The molecule has 0 spiro atoms. The van der Waals surface area contributed by atoms with Gasteiger partial charge in [0, 0.05) is 22.2 Å². The van der Waals surface area contributed by atoms with Crippen LogP contribution in [-0.4, -0.2) is 29.5 Å². The quantitative estimate of drug-likeness (QED) is 0.649. The largest absolute Gasteiger partial charge is 0.496 e. The second kappa shape index (κ2) is 7.92. The Morgan fingerprint density at radius 2 is 1.56 bits per heavy atom. The van der Waals surface area contributed by atoms with Crippen LogP contribution < -0.4 is 10.2 Å². The molecule has 27 heavy (non-hydrogen) atoms. The first-order chi connectivity index (χ1) is 12.5. The number of hydrazine groups is 1. The third-order valence-corrected chi connectivity index (χ3v) is 4.06. The first-order valence-corrected chi connectivity index (χ1v) is 8.92. The molecule has 0 aromatic heterocycles. The van der Waals surface area contributed by atoms with Gasteiger partial charge in [-0.3, -0.25) is 9.59 Å². The summed E-state index contributed by atoms with van der Waals surface area (Å²) >= 11 is 0. The van der Waals surface area contributed by atoms with Gasteiger partial charge in [0.15, 0.2) is 0 Å². The van der Waals surface area contributed by atoms with Crippen LogP contribution in [0.5, 0.6) is 5.75 Å². The molecule has 0 saturated carbocycles. The summed E-state index contributed by atoms with van der Waals surface area (Å²) in [4.78, 5) is 26.5. The topological polar surface area (TPSA) is 58.6 Å². The van der Waals surface area contributed by atoms with Crippen LogP contribution in [0.2, 0.25) is 0 Å². The normalized spacial score (nSPS) is 11.2. The molecular weight excluding hydrogens is 340 g/mol. The number of ether oxygens (including phenoxy) is 1. The van der Waals surface area contributed by atoms with Crippen LogP contribution in [0.1, 0.15) is 58.2 Å². The van der Waals surface area contributed by atoms with Crippen LogP contribution in [0.4, 0.5) is 0 Å². The molecule has 0 heterocycles. The van der Waals surface area contributed by atoms with Gasteiger partial charge < -0.3 is 4.74 Å². The minimum atomic E-state index is -0.475. The van der Waals surface area contributed by atoms with E-state index in [1.165, 1.54) is 0 Å². The molecule has 144 valence electrons. The van der Waals surface area contributed by atoms with Gasteiger partial charge in [0.2, 0.25) is 0 Å². The zero-order chi connectivity index (χ0) is 20.4. The SMILES string of the molecule is COc1cccc(C(=O)N(NC(C)(C)C)C(=O)c2cc(C)cc(C)c2)c1C. The molecule has 5 nitrogen and oxygen atoms in total. The average Bonchev–Trinajstić information content (AvgIpc) is 2.57. The summed E-state index contributed by atoms with van der Waals surface area (Å²) < 4.78 is 5.32. The maximum absolute atomic E-state index is 13.3. The summed E-state index contributed by atoms with van der Waals surface area (Å²) in [5.74, 6) is -0.190. The summed E-state index contributed by atoms with van der Waals surface area (Å²) in [6.07, 6.45) is 0. The lowest BCUT2D eigenvalue weighted by Crippen LogP contribution is -2.55. The molecule has 1 N–H and O–H groups in total. The fourth-order valence-electron chi connectivity index (χ4n) is 2.94. The van der Waals surface area contributed by atoms with E-state index in [0.29, 0.717) is 22.4 Å². The van der Waals surface area contributed by atoms with Crippen molar-refractivity contribution in [1.82, 2.24) is 10.4 Å². The van der Waals surface area contributed by atoms with Crippen molar-refractivity contribution in [3.63, 3.8) is 0 Å². The monoisotopic (exact) mass is 368 g/mol. The number of methoxy groups -OCH3 is 1. The van der Waals surface area contributed by atoms with Gasteiger partial charge in [-0.25, -0.2) is 10.4 Å². The molecule has 2 aromatic rings. The first-order valence-electron chi connectivity index (χ1n) is 8.92. The second-order valence-electron chi connectivity index (χ2n) is 7.82. The molecule has 5 heteroatoms. The van der Waals surface area contributed by atoms with E-state index in [-0.39, 0.29) is 5.91 Å². The van der Waals surface area contributed by atoms with E-state index >= 15 is 0 Å². The molecule has 2 aromatic carbocycles. The number of carbonyl (C=O) groups excluding carboxylic acids is 2. The standard InChI is InChI=1S/C22H28N2O3/c1-14-11-15(2)13-17(12-14)20(25)24(23-22(4,5)6)21(26)18-9-8-10-19(27-7)16(18)3/h8-13,23H,1-7H3. The van der Waals surface area contributed by atoms with Crippen molar-refractivity contribution >= 4 is 11.8 Å². The third kappa shape index (κ3) is 4.95. The summed E-state index contributed by atoms with van der Waals surface area (Å²) in [7, 11) is 1.56. The van der Waals surface area contributed by atoms with E-state index in [0.717, 1.165) is 16.1 Å². The Bertz CT molecular complexity index is 846. The molecule has 0 unspecified atom stereocenters. The third-order valence-electron chi connectivity index (χ3n) is 4.06. The van der Waals surface area contributed by atoms with Crippen molar-refractivity contribution in [1.29, 1.82) is 0 Å². The number of rotatable bonds is 4. The molecule has 0 radical (unpaired) electrons. The molecule has 0 aliphatic carbocycles. The summed E-state index contributed by atoms with van der Waals surface area (Å²) in [5.41, 5.74) is 6.10. The molecule has 2 amide bonds. The van der Waals surface area contributed by atoms with E-state index in [1.54, 1.807) is 37.4 Å². The van der Waals surface area contributed by atoms with E-state index in [2.05, 4.69) is 5.43 Å². The maximum Gasteiger partial charge on any atom is 0.275 e. The average molecular weight is 368 g/mol. The Morgan fingerprint density at radius 1 is 0.963 bits per heavy atom. The molecule has 0 aliphatic rings.